The molecule has 3 rings (SSSR count). The lowest BCUT2D eigenvalue weighted by Gasteiger charge is -2.09. The van der Waals surface area contributed by atoms with Crippen LogP contribution in [0.25, 0.3) is 16.9 Å². The zero-order valence-corrected chi connectivity index (χ0v) is 12.7. The van der Waals surface area contributed by atoms with Crippen molar-refractivity contribution in [1.82, 2.24) is 9.38 Å². The number of rotatable bonds is 3. The molecular weight excluding hydrogens is 264 g/mol. The predicted molar refractivity (Wildman–Crippen MR) is 83.2 cm³/mol. The second-order valence-corrected chi connectivity index (χ2v) is 5.07. The van der Waals surface area contributed by atoms with Gasteiger partial charge in [0.25, 0.3) is 0 Å². The standard InChI is InChI=1S/C17H18N2O2/c1-11-9-16(21-4)12(2)8-13(11)14-10-19-7-5-6-15(20-3)17(19)18-14/h5-10H,1-4H3. The molecule has 2 heterocycles. The first-order valence-electron chi connectivity index (χ1n) is 6.81. The molecule has 0 radical (unpaired) electrons. The van der Waals surface area contributed by atoms with Gasteiger partial charge in [0.15, 0.2) is 11.4 Å². The fraction of sp³-hybridized carbons (Fsp3) is 0.235. The third-order valence-electron chi connectivity index (χ3n) is 3.68. The van der Waals surface area contributed by atoms with Crippen LogP contribution in [0.2, 0.25) is 0 Å². The quantitative estimate of drug-likeness (QED) is 0.736. The lowest BCUT2D eigenvalue weighted by molar-refractivity contribution is 0.411. The average molecular weight is 282 g/mol. The Morgan fingerprint density at radius 2 is 1.76 bits per heavy atom. The van der Waals surface area contributed by atoms with Crippen molar-refractivity contribution in [2.45, 2.75) is 13.8 Å². The van der Waals surface area contributed by atoms with Crippen molar-refractivity contribution in [3.8, 4) is 22.8 Å². The van der Waals surface area contributed by atoms with Crippen molar-refractivity contribution in [3.05, 3.63) is 47.8 Å². The SMILES string of the molecule is COc1cc(C)c(-c2cn3cccc(OC)c3n2)cc1C. The van der Waals surface area contributed by atoms with Gasteiger partial charge >= 0.3 is 0 Å². The highest BCUT2D eigenvalue weighted by Gasteiger charge is 2.12. The molecule has 0 aliphatic rings. The maximum Gasteiger partial charge on any atom is 0.180 e. The number of fused-ring (bicyclic) bond motifs is 1. The van der Waals surface area contributed by atoms with Gasteiger partial charge in [-0.15, -0.1) is 0 Å². The fourth-order valence-corrected chi connectivity index (χ4v) is 2.56. The van der Waals surface area contributed by atoms with Crippen molar-refractivity contribution in [2.75, 3.05) is 14.2 Å². The fourth-order valence-electron chi connectivity index (χ4n) is 2.56. The van der Waals surface area contributed by atoms with Crippen LogP contribution in [0.3, 0.4) is 0 Å². The van der Waals surface area contributed by atoms with E-state index < -0.39 is 0 Å². The van der Waals surface area contributed by atoms with Crippen LogP contribution >= 0.6 is 0 Å². The van der Waals surface area contributed by atoms with Crippen molar-refractivity contribution >= 4 is 5.65 Å². The molecule has 0 aliphatic carbocycles. The van der Waals surface area contributed by atoms with Crippen LogP contribution in [0.4, 0.5) is 0 Å². The zero-order valence-electron chi connectivity index (χ0n) is 12.7. The number of hydrogen-bond acceptors (Lipinski definition) is 3. The molecule has 4 nitrogen and oxygen atoms in total. The molecule has 108 valence electrons. The molecule has 0 atom stereocenters. The Bertz CT molecular complexity index is 806. The minimum Gasteiger partial charge on any atom is -0.496 e. The Morgan fingerprint density at radius 1 is 1.00 bits per heavy atom. The summed E-state index contributed by atoms with van der Waals surface area (Å²) in [6.45, 7) is 4.11. The number of ether oxygens (including phenoxy) is 2. The summed E-state index contributed by atoms with van der Waals surface area (Å²) in [6, 6.07) is 8.02. The minimum absolute atomic E-state index is 0.770. The van der Waals surface area contributed by atoms with Crippen LogP contribution in [-0.2, 0) is 0 Å². The van der Waals surface area contributed by atoms with Gasteiger partial charge in [0.05, 0.1) is 19.9 Å². The highest BCUT2D eigenvalue weighted by molar-refractivity contribution is 5.70. The van der Waals surface area contributed by atoms with E-state index in [9.17, 15) is 0 Å². The van der Waals surface area contributed by atoms with Gasteiger partial charge in [0.1, 0.15) is 5.75 Å². The van der Waals surface area contributed by atoms with E-state index in [0.29, 0.717) is 0 Å². The second-order valence-electron chi connectivity index (χ2n) is 5.07. The first-order valence-corrected chi connectivity index (χ1v) is 6.81. The summed E-state index contributed by atoms with van der Waals surface area (Å²) >= 11 is 0. The molecule has 0 spiro atoms. The number of nitrogens with zero attached hydrogens (tertiary/aromatic N) is 2. The smallest absolute Gasteiger partial charge is 0.180 e. The summed E-state index contributed by atoms with van der Waals surface area (Å²) in [6.07, 6.45) is 3.99. The van der Waals surface area contributed by atoms with Gasteiger partial charge in [0, 0.05) is 18.0 Å². The first kappa shape index (κ1) is 13.5. The van der Waals surface area contributed by atoms with E-state index in [1.807, 2.05) is 41.9 Å². The number of imidazole rings is 1. The van der Waals surface area contributed by atoms with Crippen molar-refractivity contribution in [2.24, 2.45) is 0 Å². The Balaban J connectivity index is 2.19. The Morgan fingerprint density at radius 3 is 2.48 bits per heavy atom. The number of aromatic nitrogens is 2. The van der Waals surface area contributed by atoms with Gasteiger partial charge in [-0.25, -0.2) is 4.98 Å². The van der Waals surface area contributed by atoms with E-state index >= 15 is 0 Å². The highest BCUT2D eigenvalue weighted by Crippen LogP contribution is 2.31. The van der Waals surface area contributed by atoms with Crippen molar-refractivity contribution in [1.29, 1.82) is 0 Å². The lowest BCUT2D eigenvalue weighted by Crippen LogP contribution is -1.91. The first-order chi connectivity index (χ1) is 10.1. The third kappa shape index (κ3) is 2.23. The summed E-state index contributed by atoms with van der Waals surface area (Å²) in [5.74, 6) is 1.67. The number of aryl methyl sites for hydroxylation is 2. The van der Waals surface area contributed by atoms with E-state index in [-0.39, 0.29) is 0 Å². The molecule has 0 unspecified atom stereocenters. The van der Waals surface area contributed by atoms with Crippen LogP contribution in [-0.4, -0.2) is 23.6 Å². The highest BCUT2D eigenvalue weighted by atomic mass is 16.5. The van der Waals surface area contributed by atoms with E-state index in [1.165, 1.54) is 0 Å². The normalized spacial score (nSPS) is 10.9. The molecule has 0 amide bonds. The molecule has 0 saturated carbocycles. The third-order valence-corrected chi connectivity index (χ3v) is 3.68. The van der Waals surface area contributed by atoms with E-state index in [0.717, 1.165) is 39.5 Å². The molecule has 1 aromatic carbocycles. The maximum atomic E-state index is 5.37. The van der Waals surface area contributed by atoms with Gasteiger partial charge < -0.3 is 13.9 Å². The van der Waals surface area contributed by atoms with Crippen LogP contribution < -0.4 is 9.47 Å². The van der Waals surface area contributed by atoms with E-state index in [4.69, 9.17) is 14.5 Å². The van der Waals surface area contributed by atoms with E-state index in [1.54, 1.807) is 14.2 Å². The summed E-state index contributed by atoms with van der Waals surface area (Å²) in [5, 5.41) is 0. The predicted octanol–water partition coefficient (Wildman–Crippen LogP) is 3.64. The Hall–Kier alpha value is -2.49. The molecular formula is C17H18N2O2. The maximum absolute atomic E-state index is 5.37. The number of hydrogen-bond donors (Lipinski definition) is 0. The monoisotopic (exact) mass is 282 g/mol. The van der Waals surface area contributed by atoms with Gasteiger partial charge in [-0.3, -0.25) is 0 Å². The van der Waals surface area contributed by atoms with Gasteiger partial charge in [-0.2, -0.15) is 0 Å². The zero-order chi connectivity index (χ0) is 15.0. The van der Waals surface area contributed by atoms with Crippen molar-refractivity contribution in [3.63, 3.8) is 0 Å². The van der Waals surface area contributed by atoms with E-state index in [2.05, 4.69) is 13.0 Å². The largest absolute Gasteiger partial charge is 0.496 e. The minimum atomic E-state index is 0.770. The molecule has 0 bridgehead atoms. The molecule has 0 N–H and O–H groups in total. The second kappa shape index (κ2) is 5.13. The summed E-state index contributed by atoms with van der Waals surface area (Å²) < 4.78 is 12.7. The van der Waals surface area contributed by atoms with Gasteiger partial charge in [-0.05, 0) is 49.2 Å². The summed E-state index contributed by atoms with van der Waals surface area (Å²) in [5.41, 5.74) is 5.10. The molecule has 0 aliphatic heterocycles. The summed E-state index contributed by atoms with van der Waals surface area (Å²) in [7, 11) is 3.35. The average Bonchev–Trinajstić information content (AvgIpc) is 2.92. The number of methoxy groups -OCH3 is 2. The molecule has 0 saturated heterocycles. The molecule has 4 heteroatoms. The van der Waals surface area contributed by atoms with Gasteiger partial charge in [-0.1, -0.05) is 0 Å². The molecule has 3 aromatic rings. The topological polar surface area (TPSA) is 35.8 Å². The lowest BCUT2D eigenvalue weighted by atomic mass is 10.0. The van der Waals surface area contributed by atoms with Crippen LogP contribution in [0.1, 0.15) is 11.1 Å². The Kier molecular flexibility index (Phi) is 3.29. The van der Waals surface area contributed by atoms with Gasteiger partial charge in [0.2, 0.25) is 0 Å². The number of benzene rings is 1. The molecule has 2 aromatic heterocycles. The molecule has 21 heavy (non-hydrogen) atoms. The number of pyridine rings is 1. The Labute approximate surface area is 124 Å². The van der Waals surface area contributed by atoms with Crippen LogP contribution in [0.15, 0.2) is 36.7 Å². The van der Waals surface area contributed by atoms with Crippen LogP contribution in [0.5, 0.6) is 11.5 Å². The van der Waals surface area contributed by atoms with Crippen molar-refractivity contribution < 1.29 is 9.47 Å². The molecule has 0 fully saturated rings. The van der Waals surface area contributed by atoms with Crippen LogP contribution in [0, 0.1) is 13.8 Å². The summed E-state index contributed by atoms with van der Waals surface area (Å²) in [4.78, 5) is 4.71.